The first-order valence-electron chi connectivity index (χ1n) is 7.46. The summed E-state index contributed by atoms with van der Waals surface area (Å²) in [6, 6.07) is 14.1. The Labute approximate surface area is 146 Å². The standard InChI is InChI=1S/C18H13BrN4O/c19-14-10-21-23-17(14)16(24)7-11-6-13-8-15(22-18(13)20-9-11)12-4-2-1-3-5-12/h1-6,8-10H,7H2,(H,20,22)(H,21,23). The van der Waals surface area contributed by atoms with Crippen molar-refractivity contribution in [3.63, 3.8) is 0 Å². The minimum absolute atomic E-state index is 0.0284. The van der Waals surface area contributed by atoms with Crippen LogP contribution in [0.15, 0.2) is 59.3 Å². The van der Waals surface area contributed by atoms with Gasteiger partial charge >= 0.3 is 0 Å². The van der Waals surface area contributed by atoms with Crippen LogP contribution in [0.2, 0.25) is 0 Å². The van der Waals surface area contributed by atoms with Crippen LogP contribution in [0, 0.1) is 0 Å². The molecule has 0 aliphatic rings. The molecule has 0 saturated carbocycles. The Balaban J connectivity index is 1.64. The van der Waals surface area contributed by atoms with Gasteiger partial charge in [-0.25, -0.2) is 4.98 Å². The van der Waals surface area contributed by atoms with E-state index in [0.29, 0.717) is 10.2 Å². The van der Waals surface area contributed by atoms with Gasteiger partial charge in [-0.05, 0) is 39.2 Å². The van der Waals surface area contributed by atoms with Crippen LogP contribution in [0.5, 0.6) is 0 Å². The van der Waals surface area contributed by atoms with Gasteiger partial charge in [-0.15, -0.1) is 0 Å². The topological polar surface area (TPSA) is 74.4 Å². The number of aromatic nitrogens is 4. The zero-order valence-corrected chi connectivity index (χ0v) is 14.2. The molecule has 3 aromatic heterocycles. The first kappa shape index (κ1) is 14.8. The molecule has 4 aromatic rings. The second-order valence-corrected chi connectivity index (χ2v) is 6.38. The van der Waals surface area contributed by atoms with Crippen molar-refractivity contribution in [2.45, 2.75) is 6.42 Å². The van der Waals surface area contributed by atoms with Gasteiger partial charge in [0.05, 0.1) is 10.7 Å². The molecule has 0 amide bonds. The van der Waals surface area contributed by atoms with Gasteiger partial charge in [0.2, 0.25) is 0 Å². The highest BCUT2D eigenvalue weighted by Crippen LogP contribution is 2.24. The summed E-state index contributed by atoms with van der Waals surface area (Å²) in [6.45, 7) is 0. The lowest BCUT2D eigenvalue weighted by Crippen LogP contribution is -2.05. The zero-order valence-electron chi connectivity index (χ0n) is 12.6. The van der Waals surface area contributed by atoms with Crippen molar-refractivity contribution < 1.29 is 4.79 Å². The number of benzene rings is 1. The number of pyridine rings is 1. The summed E-state index contributed by atoms with van der Waals surface area (Å²) in [5, 5.41) is 7.56. The summed E-state index contributed by atoms with van der Waals surface area (Å²) in [5.74, 6) is -0.0284. The first-order valence-corrected chi connectivity index (χ1v) is 8.25. The van der Waals surface area contributed by atoms with E-state index < -0.39 is 0 Å². The number of nitrogens with one attached hydrogen (secondary N) is 2. The number of aromatic amines is 2. The maximum atomic E-state index is 12.3. The minimum Gasteiger partial charge on any atom is -0.339 e. The van der Waals surface area contributed by atoms with Crippen LogP contribution in [0.4, 0.5) is 0 Å². The van der Waals surface area contributed by atoms with Gasteiger partial charge in [0.15, 0.2) is 5.78 Å². The van der Waals surface area contributed by atoms with E-state index in [1.54, 1.807) is 12.4 Å². The van der Waals surface area contributed by atoms with Crippen LogP contribution in [-0.4, -0.2) is 25.9 Å². The summed E-state index contributed by atoms with van der Waals surface area (Å²) < 4.78 is 0.676. The van der Waals surface area contributed by atoms with Crippen LogP contribution >= 0.6 is 15.9 Å². The normalized spacial score (nSPS) is 11.0. The summed E-state index contributed by atoms with van der Waals surface area (Å²) >= 11 is 3.31. The maximum absolute atomic E-state index is 12.3. The lowest BCUT2D eigenvalue weighted by molar-refractivity contribution is 0.0987. The van der Waals surface area contributed by atoms with E-state index in [1.807, 2.05) is 36.4 Å². The molecule has 0 radical (unpaired) electrons. The number of hydrogen-bond acceptors (Lipinski definition) is 3. The Morgan fingerprint density at radius 1 is 1.12 bits per heavy atom. The fourth-order valence-corrected chi connectivity index (χ4v) is 3.08. The molecule has 0 aliphatic heterocycles. The number of Topliss-reactive ketones (excluding diaryl/α,β-unsaturated/α-hetero) is 1. The monoisotopic (exact) mass is 380 g/mol. The number of ketones is 1. The summed E-state index contributed by atoms with van der Waals surface area (Å²) in [5.41, 5.74) is 4.28. The molecule has 3 heterocycles. The molecule has 0 unspecified atom stereocenters. The van der Waals surface area contributed by atoms with Gasteiger partial charge in [-0.3, -0.25) is 9.89 Å². The highest BCUT2D eigenvalue weighted by atomic mass is 79.9. The average Bonchev–Trinajstić information content (AvgIpc) is 3.21. The Bertz CT molecular complexity index is 1020. The molecular weight excluding hydrogens is 368 g/mol. The number of rotatable bonds is 4. The number of H-pyrrole nitrogens is 2. The van der Waals surface area contributed by atoms with Crippen LogP contribution in [-0.2, 0) is 6.42 Å². The van der Waals surface area contributed by atoms with E-state index >= 15 is 0 Å². The molecule has 0 atom stereocenters. The summed E-state index contributed by atoms with van der Waals surface area (Å²) in [7, 11) is 0. The highest BCUT2D eigenvalue weighted by Gasteiger charge is 2.14. The number of carbonyl (C=O) groups is 1. The molecular formula is C18H13BrN4O. The Morgan fingerprint density at radius 2 is 1.96 bits per heavy atom. The second-order valence-electron chi connectivity index (χ2n) is 5.52. The SMILES string of the molecule is O=C(Cc1cnc2[nH]c(-c3ccccc3)cc2c1)c1[nH]ncc1Br. The van der Waals surface area contributed by atoms with Crippen molar-refractivity contribution in [2.24, 2.45) is 0 Å². The largest absolute Gasteiger partial charge is 0.339 e. The van der Waals surface area contributed by atoms with Gasteiger partial charge in [0.1, 0.15) is 11.3 Å². The smallest absolute Gasteiger partial charge is 0.186 e. The van der Waals surface area contributed by atoms with Crippen molar-refractivity contribution >= 4 is 32.7 Å². The third kappa shape index (κ3) is 2.76. The van der Waals surface area contributed by atoms with Crippen molar-refractivity contribution in [3.8, 4) is 11.3 Å². The van der Waals surface area contributed by atoms with E-state index in [2.05, 4.69) is 42.2 Å². The quantitative estimate of drug-likeness (QED) is 0.522. The number of nitrogens with zero attached hydrogens (tertiary/aromatic N) is 2. The molecule has 24 heavy (non-hydrogen) atoms. The predicted molar refractivity (Wildman–Crippen MR) is 95.9 cm³/mol. The summed E-state index contributed by atoms with van der Waals surface area (Å²) in [4.78, 5) is 20.1. The molecule has 0 bridgehead atoms. The van der Waals surface area contributed by atoms with Gasteiger partial charge in [-0.1, -0.05) is 30.3 Å². The highest BCUT2D eigenvalue weighted by molar-refractivity contribution is 9.10. The van der Waals surface area contributed by atoms with Gasteiger partial charge < -0.3 is 4.98 Å². The van der Waals surface area contributed by atoms with Crippen molar-refractivity contribution in [1.82, 2.24) is 20.2 Å². The fourth-order valence-electron chi connectivity index (χ4n) is 2.67. The van der Waals surface area contributed by atoms with Gasteiger partial charge in [0.25, 0.3) is 0 Å². The van der Waals surface area contributed by atoms with Gasteiger partial charge in [0, 0.05) is 23.7 Å². The van der Waals surface area contributed by atoms with Gasteiger partial charge in [-0.2, -0.15) is 5.10 Å². The molecule has 4 rings (SSSR count). The molecule has 0 spiro atoms. The number of halogens is 1. The van der Waals surface area contributed by atoms with Crippen molar-refractivity contribution in [1.29, 1.82) is 0 Å². The van der Waals surface area contributed by atoms with Crippen molar-refractivity contribution in [3.05, 3.63) is 70.6 Å². The van der Waals surface area contributed by atoms with Crippen LogP contribution in [0.25, 0.3) is 22.3 Å². The fraction of sp³-hybridized carbons (Fsp3) is 0.0556. The Morgan fingerprint density at radius 3 is 2.71 bits per heavy atom. The number of fused-ring (bicyclic) bond motifs is 1. The lowest BCUT2D eigenvalue weighted by atomic mass is 10.1. The minimum atomic E-state index is -0.0284. The number of carbonyl (C=O) groups excluding carboxylic acids is 1. The van der Waals surface area contributed by atoms with Crippen LogP contribution < -0.4 is 0 Å². The molecule has 118 valence electrons. The third-order valence-corrected chi connectivity index (χ3v) is 4.45. The first-order chi connectivity index (χ1) is 11.7. The van der Waals surface area contributed by atoms with E-state index in [-0.39, 0.29) is 12.2 Å². The van der Waals surface area contributed by atoms with Crippen LogP contribution in [0.3, 0.4) is 0 Å². The molecule has 5 nitrogen and oxygen atoms in total. The Hall–Kier alpha value is -2.73. The molecule has 0 aliphatic carbocycles. The maximum Gasteiger partial charge on any atom is 0.186 e. The Kier molecular flexibility index (Phi) is 3.74. The third-order valence-electron chi connectivity index (χ3n) is 3.85. The van der Waals surface area contributed by atoms with Crippen LogP contribution in [0.1, 0.15) is 16.1 Å². The predicted octanol–water partition coefficient (Wildman–Crippen LogP) is 4.14. The van der Waals surface area contributed by atoms with E-state index in [1.165, 1.54) is 0 Å². The second kappa shape index (κ2) is 6.05. The van der Waals surface area contributed by atoms with Crippen molar-refractivity contribution in [2.75, 3.05) is 0 Å². The average molecular weight is 381 g/mol. The molecule has 0 saturated heterocycles. The molecule has 0 fully saturated rings. The number of hydrogen-bond donors (Lipinski definition) is 2. The van der Waals surface area contributed by atoms with E-state index in [0.717, 1.165) is 27.9 Å². The lowest BCUT2D eigenvalue weighted by Gasteiger charge is -2.00. The summed E-state index contributed by atoms with van der Waals surface area (Å²) in [6.07, 6.45) is 3.58. The molecule has 2 N–H and O–H groups in total. The molecule has 1 aromatic carbocycles. The molecule has 6 heteroatoms. The van der Waals surface area contributed by atoms with E-state index in [9.17, 15) is 4.79 Å². The van der Waals surface area contributed by atoms with E-state index in [4.69, 9.17) is 0 Å². The zero-order chi connectivity index (χ0) is 16.5.